The highest BCUT2D eigenvalue weighted by atomic mass is 35.5. The summed E-state index contributed by atoms with van der Waals surface area (Å²) < 4.78 is 0. The molecule has 0 bridgehead atoms. The molecule has 1 aromatic heterocycles. The van der Waals surface area contributed by atoms with Crippen LogP contribution in [0.15, 0.2) is 12.1 Å². The van der Waals surface area contributed by atoms with E-state index in [2.05, 4.69) is 4.98 Å². The molecule has 3 rings (SSSR count). The Balaban J connectivity index is 2.38. The van der Waals surface area contributed by atoms with Crippen molar-refractivity contribution in [2.75, 3.05) is 0 Å². The molecule has 0 fully saturated rings. The fourth-order valence-electron chi connectivity index (χ4n) is 2.52. The first kappa shape index (κ1) is 10.5. The van der Waals surface area contributed by atoms with Crippen molar-refractivity contribution in [2.45, 2.75) is 25.3 Å². The predicted octanol–water partition coefficient (Wildman–Crippen LogP) is 3.81. The lowest BCUT2D eigenvalue weighted by atomic mass is 9.92. The average Bonchev–Trinajstić information content (AvgIpc) is 2.64. The molecular weight excluding hydrogens is 243 g/mol. The van der Waals surface area contributed by atoms with Gasteiger partial charge in [-0.25, -0.2) is 0 Å². The van der Waals surface area contributed by atoms with E-state index in [0.29, 0.717) is 10.0 Å². The van der Waals surface area contributed by atoms with E-state index in [0.717, 1.165) is 35.9 Å². The van der Waals surface area contributed by atoms with E-state index in [1.807, 2.05) is 12.1 Å². The number of aryl methyl sites for hydroxylation is 1. The van der Waals surface area contributed by atoms with Gasteiger partial charge in [-0.1, -0.05) is 23.2 Å². The van der Waals surface area contributed by atoms with E-state index in [-0.39, 0.29) is 6.04 Å². The van der Waals surface area contributed by atoms with E-state index in [1.54, 1.807) is 0 Å². The van der Waals surface area contributed by atoms with Gasteiger partial charge >= 0.3 is 0 Å². The number of aromatic amines is 1. The van der Waals surface area contributed by atoms with Crippen LogP contribution in [0.5, 0.6) is 0 Å². The molecule has 1 unspecified atom stereocenters. The lowest BCUT2D eigenvalue weighted by Crippen LogP contribution is -2.16. The number of halogens is 2. The second kappa shape index (κ2) is 3.66. The van der Waals surface area contributed by atoms with Crippen LogP contribution in [-0.2, 0) is 6.42 Å². The van der Waals surface area contributed by atoms with Gasteiger partial charge in [-0.15, -0.1) is 0 Å². The molecule has 0 radical (unpaired) electrons. The molecule has 1 atom stereocenters. The number of nitrogens with two attached hydrogens (primary N) is 1. The summed E-state index contributed by atoms with van der Waals surface area (Å²) in [5.41, 5.74) is 9.51. The van der Waals surface area contributed by atoms with E-state index >= 15 is 0 Å². The molecule has 0 amide bonds. The van der Waals surface area contributed by atoms with Crippen LogP contribution in [0, 0.1) is 0 Å². The molecule has 2 nitrogen and oxygen atoms in total. The topological polar surface area (TPSA) is 41.8 Å². The summed E-state index contributed by atoms with van der Waals surface area (Å²) >= 11 is 12.3. The van der Waals surface area contributed by atoms with Crippen LogP contribution in [0.1, 0.15) is 30.1 Å². The Bertz CT molecular complexity index is 560. The SMILES string of the molecule is NC1CCCc2c1[nH]c1ccc(Cl)c(Cl)c21. The van der Waals surface area contributed by atoms with Crippen molar-refractivity contribution in [1.29, 1.82) is 0 Å². The normalized spacial score (nSPS) is 20.1. The minimum Gasteiger partial charge on any atom is -0.357 e. The minimum atomic E-state index is 0.103. The van der Waals surface area contributed by atoms with Crippen LogP contribution in [0.2, 0.25) is 10.0 Å². The van der Waals surface area contributed by atoms with Crippen molar-refractivity contribution in [3.63, 3.8) is 0 Å². The predicted molar refractivity (Wildman–Crippen MR) is 68.2 cm³/mol. The van der Waals surface area contributed by atoms with Crippen LogP contribution in [0.25, 0.3) is 10.9 Å². The quantitative estimate of drug-likeness (QED) is 0.738. The molecule has 84 valence electrons. The van der Waals surface area contributed by atoms with Gasteiger partial charge in [-0.2, -0.15) is 0 Å². The molecule has 0 spiro atoms. The summed E-state index contributed by atoms with van der Waals surface area (Å²) in [4.78, 5) is 3.37. The van der Waals surface area contributed by atoms with Gasteiger partial charge in [0.2, 0.25) is 0 Å². The van der Waals surface area contributed by atoms with Crippen LogP contribution in [0.3, 0.4) is 0 Å². The van der Waals surface area contributed by atoms with Gasteiger partial charge in [0, 0.05) is 22.6 Å². The fourth-order valence-corrected chi connectivity index (χ4v) is 2.96. The molecular formula is C12H12Cl2N2. The summed E-state index contributed by atoms with van der Waals surface area (Å²) in [7, 11) is 0. The summed E-state index contributed by atoms with van der Waals surface area (Å²) in [6.07, 6.45) is 3.18. The summed E-state index contributed by atoms with van der Waals surface area (Å²) in [5.74, 6) is 0. The van der Waals surface area contributed by atoms with Crippen LogP contribution in [-0.4, -0.2) is 4.98 Å². The first-order valence-electron chi connectivity index (χ1n) is 5.42. The van der Waals surface area contributed by atoms with Gasteiger partial charge in [0.1, 0.15) is 0 Å². The number of fused-ring (bicyclic) bond motifs is 3. The zero-order valence-corrected chi connectivity index (χ0v) is 10.2. The smallest absolute Gasteiger partial charge is 0.0688 e. The van der Waals surface area contributed by atoms with E-state index < -0.39 is 0 Å². The van der Waals surface area contributed by atoms with Crippen LogP contribution in [0.4, 0.5) is 0 Å². The summed E-state index contributed by atoms with van der Waals surface area (Å²) in [6, 6.07) is 3.89. The highest BCUT2D eigenvalue weighted by molar-refractivity contribution is 6.45. The molecule has 1 aliphatic rings. The van der Waals surface area contributed by atoms with Gasteiger partial charge in [0.05, 0.1) is 10.0 Å². The Morgan fingerprint density at radius 3 is 2.94 bits per heavy atom. The molecule has 0 saturated heterocycles. The van der Waals surface area contributed by atoms with Crippen molar-refractivity contribution < 1.29 is 0 Å². The maximum atomic E-state index is 6.26. The molecule has 0 saturated carbocycles. The molecule has 1 aliphatic carbocycles. The number of nitrogens with one attached hydrogen (secondary N) is 1. The fraction of sp³-hybridized carbons (Fsp3) is 0.333. The van der Waals surface area contributed by atoms with Gasteiger partial charge < -0.3 is 10.7 Å². The maximum Gasteiger partial charge on any atom is 0.0688 e. The van der Waals surface area contributed by atoms with Gasteiger partial charge in [0.25, 0.3) is 0 Å². The third kappa shape index (κ3) is 1.37. The highest BCUT2D eigenvalue weighted by Crippen LogP contribution is 2.39. The van der Waals surface area contributed by atoms with Crippen molar-refractivity contribution in [3.8, 4) is 0 Å². The van der Waals surface area contributed by atoms with Crippen molar-refractivity contribution in [1.82, 2.24) is 4.98 Å². The number of aromatic nitrogens is 1. The lowest BCUT2D eigenvalue weighted by Gasteiger charge is -2.18. The minimum absolute atomic E-state index is 0.103. The highest BCUT2D eigenvalue weighted by Gasteiger charge is 2.23. The molecule has 2 aromatic rings. The first-order valence-corrected chi connectivity index (χ1v) is 6.18. The monoisotopic (exact) mass is 254 g/mol. The number of hydrogen-bond acceptors (Lipinski definition) is 1. The Kier molecular flexibility index (Phi) is 2.39. The Hall–Kier alpha value is -0.700. The second-order valence-corrected chi connectivity index (χ2v) is 5.09. The number of rotatable bonds is 0. The second-order valence-electron chi connectivity index (χ2n) is 4.30. The molecule has 4 heteroatoms. The number of hydrogen-bond donors (Lipinski definition) is 2. The largest absolute Gasteiger partial charge is 0.357 e. The molecule has 1 heterocycles. The van der Waals surface area contributed by atoms with E-state index in [1.165, 1.54) is 5.56 Å². The van der Waals surface area contributed by atoms with Crippen molar-refractivity contribution >= 4 is 34.1 Å². The maximum absolute atomic E-state index is 6.26. The van der Waals surface area contributed by atoms with E-state index in [9.17, 15) is 0 Å². The summed E-state index contributed by atoms with van der Waals surface area (Å²) in [6.45, 7) is 0. The zero-order chi connectivity index (χ0) is 11.3. The van der Waals surface area contributed by atoms with E-state index in [4.69, 9.17) is 28.9 Å². The Morgan fingerprint density at radius 2 is 2.12 bits per heavy atom. The molecule has 1 aromatic carbocycles. The first-order chi connectivity index (χ1) is 7.68. The van der Waals surface area contributed by atoms with Crippen molar-refractivity contribution in [3.05, 3.63) is 33.4 Å². The van der Waals surface area contributed by atoms with Gasteiger partial charge in [0.15, 0.2) is 0 Å². The number of benzene rings is 1. The Morgan fingerprint density at radius 1 is 1.31 bits per heavy atom. The number of H-pyrrole nitrogens is 1. The van der Waals surface area contributed by atoms with Gasteiger partial charge in [-0.3, -0.25) is 0 Å². The standard InChI is InChI=1S/C12H12Cl2N2/c13-7-4-5-9-10(11(7)14)6-2-1-3-8(15)12(6)16-9/h4-5,8,16H,1-3,15H2. The lowest BCUT2D eigenvalue weighted by molar-refractivity contribution is 0.562. The molecule has 0 aliphatic heterocycles. The van der Waals surface area contributed by atoms with Crippen LogP contribution >= 0.6 is 23.2 Å². The average molecular weight is 255 g/mol. The third-order valence-electron chi connectivity index (χ3n) is 3.30. The third-order valence-corrected chi connectivity index (χ3v) is 4.11. The molecule has 3 N–H and O–H groups in total. The van der Waals surface area contributed by atoms with Crippen LogP contribution < -0.4 is 5.73 Å². The van der Waals surface area contributed by atoms with Crippen molar-refractivity contribution in [2.24, 2.45) is 5.73 Å². The zero-order valence-electron chi connectivity index (χ0n) is 8.69. The molecule has 16 heavy (non-hydrogen) atoms. The van der Waals surface area contributed by atoms with Gasteiger partial charge in [-0.05, 0) is 37.0 Å². The Labute approximate surface area is 104 Å². The summed E-state index contributed by atoms with van der Waals surface area (Å²) in [5, 5.41) is 2.31.